The maximum atomic E-state index is 14.7. The van der Waals surface area contributed by atoms with E-state index in [-0.39, 0.29) is 49.3 Å². The van der Waals surface area contributed by atoms with E-state index in [4.69, 9.17) is 4.74 Å². The van der Waals surface area contributed by atoms with Gasteiger partial charge < -0.3 is 24.5 Å². The topological polar surface area (TPSA) is 121 Å². The average Bonchev–Trinajstić information content (AvgIpc) is 3.82. The van der Waals surface area contributed by atoms with E-state index in [2.05, 4.69) is 23.5 Å². The number of nitrogens with zero attached hydrogens (tertiary/aromatic N) is 6. The molecule has 46 heavy (non-hydrogen) atoms. The number of benzene rings is 2. The van der Waals surface area contributed by atoms with Crippen LogP contribution in [0.3, 0.4) is 0 Å². The summed E-state index contributed by atoms with van der Waals surface area (Å²) in [6, 6.07) is 13.4. The second kappa shape index (κ2) is 12.9. The van der Waals surface area contributed by atoms with Gasteiger partial charge in [0, 0.05) is 24.0 Å². The molecule has 4 heterocycles. The maximum absolute atomic E-state index is 14.7. The molecule has 3 saturated heterocycles. The molecule has 242 valence electrons. The Morgan fingerprint density at radius 2 is 1.89 bits per heavy atom. The Bertz CT molecular complexity index is 1640. The summed E-state index contributed by atoms with van der Waals surface area (Å²) < 4.78 is 6.44. The number of aliphatic hydroxyl groups excluding tert-OH is 1. The van der Waals surface area contributed by atoms with Gasteiger partial charge >= 0.3 is 0 Å². The van der Waals surface area contributed by atoms with E-state index >= 15 is 0 Å². The highest BCUT2D eigenvalue weighted by Crippen LogP contribution is 2.67. The minimum absolute atomic E-state index is 0.111. The number of anilines is 1. The van der Waals surface area contributed by atoms with Crippen LogP contribution in [0.25, 0.3) is 11.0 Å². The predicted molar refractivity (Wildman–Crippen MR) is 177 cm³/mol. The Hall–Kier alpha value is -4.16. The first-order valence-corrected chi connectivity index (χ1v) is 16.6. The van der Waals surface area contributed by atoms with Gasteiger partial charge in [0.1, 0.15) is 24.0 Å². The van der Waals surface area contributed by atoms with E-state index in [9.17, 15) is 19.5 Å². The number of likely N-dealkylation sites (tertiary alicyclic amines) is 1. The molecule has 0 aliphatic carbocycles. The van der Waals surface area contributed by atoms with Crippen molar-refractivity contribution in [1.29, 1.82) is 0 Å². The molecule has 1 N–H and O–H groups in total. The SMILES string of the molecule is C=CCN(Cn1nnc2ccccc21)C(=O)C1N([C@H](C)CO)C(=O)[C@@H]2[C@H](C(=O)N(CC=C)c3ccc(OCC)cc3)[C@@H]3CCC12S3. The predicted octanol–water partition coefficient (Wildman–Crippen LogP) is 3.49. The van der Waals surface area contributed by atoms with Gasteiger partial charge in [0.05, 0.1) is 41.4 Å². The molecular weight excluding hydrogens is 604 g/mol. The second-order valence-corrected chi connectivity index (χ2v) is 13.7. The first kappa shape index (κ1) is 31.8. The van der Waals surface area contributed by atoms with Crippen LogP contribution in [0.4, 0.5) is 5.69 Å². The van der Waals surface area contributed by atoms with Crippen LogP contribution in [0, 0.1) is 11.8 Å². The van der Waals surface area contributed by atoms with Gasteiger partial charge in [-0.2, -0.15) is 0 Å². The van der Waals surface area contributed by atoms with E-state index in [0.717, 1.165) is 5.52 Å². The van der Waals surface area contributed by atoms with Gasteiger partial charge in [-0.1, -0.05) is 29.5 Å². The molecule has 2 aromatic carbocycles. The molecule has 3 amide bonds. The van der Waals surface area contributed by atoms with Crippen molar-refractivity contribution >= 4 is 46.2 Å². The summed E-state index contributed by atoms with van der Waals surface area (Å²) in [6.45, 7) is 12.2. The van der Waals surface area contributed by atoms with Crippen LogP contribution in [0.5, 0.6) is 5.75 Å². The van der Waals surface area contributed by atoms with Crippen molar-refractivity contribution in [3.63, 3.8) is 0 Å². The Balaban J connectivity index is 1.35. The number of para-hydroxylation sites is 1. The molecule has 3 fully saturated rings. The zero-order valence-corrected chi connectivity index (χ0v) is 27.0. The monoisotopic (exact) mass is 644 g/mol. The van der Waals surface area contributed by atoms with Crippen LogP contribution >= 0.6 is 11.8 Å². The Morgan fingerprint density at radius 1 is 1.15 bits per heavy atom. The molecule has 0 saturated carbocycles. The van der Waals surface area contributed by atoms with Gasteiger partial charge in [0.15, 0.2) is 0 Å². The number of thioether (sulfide) groups is 1. The number of carbonyl (C=O) groups is 3. The molecule has 2 unspecified atom stereocenters. The molecule has 12 heteroatoms. The summed E-state index contributed by atoms with van der Waals surface area (Å²) in [5.74, 6) is -1.32. The molecule has 2 bridgehead atoms. The number of aromatic nitrogens is 3. The van der Waals surface area contributed by atoms with Crippen LogP contribution in [-0.4, -0.2) is 96.0 Å². The van der Waals surface area contributed by atoms with E-state index in [1.54, 1.807) is 50.2 Å². The van der Waals surface area contributed by atoms with Crippen LogP contribution in [0.2, 0.25) is 0 Å². The van der Waals surface area contributed by atoms with Crippen LogP contribution in [0.15, 0.2) is 73.8 Å². The van der Waals surface area contributed by atoms with E-state index in [0.29, 0.717) is 36.4 Å². The van der Waals surface area contributed by atoms with Crippen LogP contribution in [-0.2, 0) is 21.1 Å². The number of hydrogen-bond donors (Lipinski definition) is 1. The summed E-state index contributed by atoms with van der Waals surface area (Å²) in [7, 11) is 0. The Morgan fingerprint density at radius 3 is 2.59 bits per heavy atom. The fourth-order valence-electron chi connectivity index (χ4n) is 7.46. The number of fused-ring (bicyclic) bond motifs is 2. The van der Waals surface area contributed by atoms with Gasteiger partial charge in [-0.3, -0.25) is 14.4 Å². The average molecular weight is 645 g/mol. The molecular formula is C34H40N6O5S. The number of ether oxygens (including phenoxy) is 1. The molecule has 3 aliphatic heterocycles. The van der Waals surface area contributed by atoms with Crippen molar-refractivity contribution in [1.82, 2.24) is 24.8 Å². The van der Waals surface area contributed by atoms with Crippen molar-refractivity contribution < 1.29 is 24.2 Å². The van der Waals surface area contributed by atoms with Gasteiger partial charge in [-0.05, 0) is 63.1 Å². The lowest BCUT2D eigenvalue weighted by Crippen LogP contribution is -2.57. The van der Waals surface area contributed by atoms with Gasteiger partial charge in [0.25, 0.3) is 0 Å². The fraction of sp³-hybridized carbons (Fsp3) is 0.441. The zero-order chi connectivity index (χ0) is 32.6. The minimum atomic E-state index is -0.868. The normalized spacial score (nSPS) is 25.4. The number of rotatable bonds is 13. The van der Waals surface area contributed by atoms with Crippen molar-refractivity contribution in [3.05, 3.63) is 73.8 Å². The van der Waals surface area contributed by atoms with Crippen LogP contribution < -0.4 is 9.64 Å². The number of carbonyl (C=O) groups excluding carboxylic acids is 3. The highest BCUT2D eigenvalue weighted by Gasteiger charge is 2.74. The molecule has 6 rings (SSSR count). The summed E-state index contributed by atoms with van der Waals surface area (Å²) in [6.07, 6.45) is 4.65. The fourth-order valence-corrected chi connectivity index (χ4v) is 9.66. The molecule has 1 spiro atoms. The summed E-state index contributed by atoms with van der Waals surface area (Å²) in [5.41, 5.74) is 2.18. The number of aliphatic hydroxyl groups is 1. The van der Waals surface area contributed by atoms with E-state index in [1.165, 1.54) is 0 Å². The molecule has 3 aliphatic rings. The third kappa shape index (κ3) is 5.17. The van der Waals surface area contributed by atoms with E-state index in [1.807, 2.05) is 55.5 Å². The molecule has 1 aromatic heterocycles. The summed E-state index contributed by atoms with van der Waals surface area (Å²) in [5, 5.41) is 18.7. The molecule has 3 aromatic rings. The quantitative estimate of drug-likeness (QED) is 0.281. The third-order valence-corrected chi connectivity index (χ3v) is 11.4. The van der Waals surface area contributed by atoms with Gasteiger partial charge in [-0.15, -0.1) is 30.0 Å². The van der Waals surface area contributed by atoms with Crippen molar-refractivity contribution in [3.8, 4) is 5.75 Å². The lowest BCUT2D eigenvalue weighted by Gasteiger charge is -2.39. The number of hydrogen-bond acceptors (Lipinski definition) is 8. The lowest BCUT2D eigenvalue weighted by molar-refractivity contribution is -0.146. The standard InChI is InChI=1S/C34H40N6O5S/c1-5-18-37(21-39-26-11-9-8-10-25(26)35-36-39)33(44)30-34-17-16-27(46-34)28(29(34)32(43)40(30)22(4)20-41)31(42)38(19-6-2)23-12-14-24(15-13-23)45-7-3/h5-6,8-15,22,27-30,41H,1-2,7,16-21H2,3-4H3/t22-,27+,28-,29+,30?,34?/m1/s1. The summed E-state index contributed by atoms with van der Waals surface area (Å²) in [4.78, 5) is 48.6. The van der Waals surface area contributed by atoms with Gasteiger partial charge in [-0.25, -0.2) is 4.68 Å². The lowest BCUT2D eigenvalue weighted by atomic mass is 9.70. The Kier molecular flexibility index (Phi) is 8.93. The molecule has 6 atom stereocenters. The minimum Gasteiger partial charge on any atom is -0.494 e. The van der Waals surface area contributed by atoms with E-state index < -0.39 is 28.7 Å². The summed E-state index contributed by atoms with van der Waals surface area (Å²) >= 11 is 1.60. The third-order valence-electron chi connectivity index (χ3n) is 9.42. The first-order chi connectivity index (χ1) is 22.3. The van der Waals surface area contributed by atoms with Crippen molar-refractivity contribution in [2.45, 2.75) is 55.4 Å². The van der Waals surface area contributed by atoms with Crippen LogP contribution in [0.1, 0.15) is 26.7 Å². The Labute approximate surface area is 272 Å². The smallest absolute Gasteiger partial charge is 0.248 e. The van der Waals surface area contributed by atoms with Crippen molar-refractivity contribution in [2.24, 2.45) is 11.8 Å². The first-order valence-electron chi connectivity index (χ1n) is 15.7. The largest absolute Gasteiger partial charge is 0.494 e. The maximum Gasteiger partial charge on any atom is 0.248 e. The number of amides is 3. The van der Waals surface area contributed by atoms with Gasteiger partial charge in [0.2, 0.25) is 17.7 Å². The second-order valence-electron chi connectivity index (χ2n) is 12.1. The van der Waals surface area contributed by atoms with Crippen molar-refractivity contribution in [2.75, 3.05) is 31.2 Å². The highest BCUT2D eigenvalue weighted by molar-refractivity contribution is 8.02. The molecule has 0 radical (unpaired) electrons. The molecule has 11 nitrogen and oxygen atoms in total. The highest BCUT2D eigenvalue weighted by atomic mass is 32.2. The zero-order valence-electron chi connectivity index (χ0n) is 26.2.